The molecule has 1 amide bonds. The number of rotatable bonds is 4. The summed E-state index contributed by atoms with van der Waals surface area (Å²) in [5, 5.41) is 6.83. The van der Waals surface area contributed by atoms with Gasteiger partial charge in [0.15, 0.2) is 0 Å². The predicted molar refractivity (Wildman–Crippen MR) is 51.2 cm³/mol. The first-order valence-electron chi connectivity index (χ1n) is 3.74. The first-order valence-corrected chi connectivity index (χ1v) is 4.68. The fourth-order valence-electron chi connectivity index (χ4n) is 0.837. The van der Waals surface area contributed by atoms with Crippen molar-refractivity contribution in [3.05, 3.63) is 35.0 Å². The summed E-state index contributed by atoms with van der Waals surface area (Å²) in [7, 11) is 0. The Bertz CT molecular complexity index is 254. The van der Waals surface area contributed by atoms with E-state index in [1.807, 2.05) is 5.38 Å². The fraction of sp³-hybridized carbons (Fsp3) is 0.222. The third-order valence-electron chi connectivity index (χ3n) is 1.48. The van der Waals surface area contributed by atoms with Gasteiger partial charge < -0.3 is 5.32 Å². The van der Waals surface area contributed by atoms with E-state index in [1.165, 1.54) is 11.6 Å². The van der Waals surface area contributed by atoms with E-state index in [4.69, 9.17) is 0 Å². The zero-order valence-corrected chi connectivity index (χ0v) is 7.56. The first kappa shape index (κ1) is 9.00. The van der Waals surface area contributed by atoms with Crippen molar-refractivity contribution in [1.29, 1.82) is 0 Å². The highest BCUT2D eigenvalue weighted by molar-refractivity contribution is 7.07. The number of amides is 1. The van der Waals surface area contributed by atoms with Gasteiger partial charge in [-0.3, -0.25) is 4.79 Å². The normalized spacial score (nSPS) is 9.33. The fourth-order valence-corrected chi connectivity index (χ4v) is 1.54. The SMILES string of the molecule is C=CC(=O)NCCc1ccsc1. The summed E-state index contributed by atoms with van der Waals surface area (Å²) >= 11 is 1.67. The van der Waals surface area contributed by atoms with Gasteiger partial charge in [0, 0.05) is 6.54 Å². The van der Waals surface area contributed by atoms with Crippen molar-refractivity contribution in [2.45, 2.75) is 6.42 Å². The lowest BCUT2D eigenvalue weighted by Crippen LogP contribution is -2.23. The van der Waals surface area contributed by atoms with Crippen molar-refractivity contribution in [3.63, 3.8) is 0 Å². The molecule has 1 N–H and O–H groups in total. The minimum atomic E-state index is -0.106. The molecule has 0 aromatic carbocycles. The lowest BCUT2D eigenvalue weighted by Gasteiger charge is -1.98. The molecule has 0 aliphatic heterocycles. The van der Waals surface area contributed by atoms with Gasteiger partial charge >= 0.3 is 0 Å². The van der Waals surface area contributed by atoms with Crippen LogP contribution < -0.4 is 5.32 Å². The Morgan fingerprint density at radius 1 is 1.75 bits per heavy atom. The molecule has 0 radical (unpaired) electrons. The van der Waals surface area contributed by atoms with E-state index in [0.29, 0.717) is 6.54 Å². The van der Waals surface area contributed by atoms with Crippen LogP contribution in [0, 0.1) is 0 Å². The molecule has 0 bridgehead atoms. The van der Waals surface area contributed by atoms with E-state index in [9.17, 15) is 4.79 Å². The highest BCUT2D eigenvalue weighted by atomic mass is 32.1. The van der Waals surface area contributed by atoms with Crippen LogP contribution in [0.15, 0.2) is 29.5 Å². The second kappa shape index (κ2) is 4.72. The van der Waals surface area contributed by atoms with Gasteiger partial charge in [-0.25, -0.2) is 0 Å². The third kappa shape index (κ3) is 2.88. The molecule has 3 heteroatoms. The van der Waals surface area contributed by atoms with Crippen molar-refractivity contribution < 1.29 is 4.79 Å². The molecule has 0 aliphatic rings. The maximum Gasteiger partial charge on any atom is 0.243 e. The van der Waals surface area contributed by atoms with Crippen LogP contribution in [0.4, 0.5) is 0 Å². The second-order valence-corrected chi connectivity index (χ2v) is 3.16. The molecular formula is C9H11NOS. The van der Waals surface area contributed by atoms with E-state index in [1.54, 1.807) is 11.3 Å². The van der Waals surface area contributed by atoms with E-state index < -0.39 is 0 Å². The van der Waals surface area contributed by atoms with Crippen LogP contribution in [0.5, 0.6) is 0 Å². The number of nitrogens with one attached hydrogen (secondary N) is 1. The molecule has 0 unspecified atom stereocenters. The van der Waals surface area contributed by atoms with Crippen LogP contribution in [0.2, 0.25) is 0 Å². The van der Waals surface area contributed by atoms with Crippen LogP contribution in [-0.2, 0) is 11.2 Å². The lowest BCUT2D eigenvalue weighted by atomic mass is 10.2. The summed E-state index contributed by atoms with van der Waals surface area (Å²) in [6, 6.07) is 2.06. The standard InChI is InChI=1S/C9H11NOS/c1-2-9(11)10-5-3-8-4-6-12-7-8/h2,4,6-7H,1,3,5H2,(H,10,11). The molecule has 1 rings (SSSR count). The largest absolute Gasteiger partial charge is 0.352 e. The predicted octanol–water partition coefficient (Wildman–Crippen LogP) is 1.59. The average Bonchev–Trinajstić information content (AvgIpc) is 2.57. The molecule has 0 fully saturated rings. The number of carbonyl (C=O) groups excluding carboxylic acids is 1. The lowest BCUT2D eigenvalue weighted by molar-refractivity contribution is -0.116. The van der Waals surface area contributed by atoms with Crippen LogP contribution >= 0.6 is 11.3 Å². The quantitative estimate of drug-likeness (QED) is 0.702. The number of hydrogen-bond acceptors (Lipinski definition) is 2. The van der Waals surface area contributed by atoms with Crippen LogP contribution in [0.1, 0.15) is 5.56 Å². The van der Waals surface area contributed by atoms with Crippen molar-refractivity contribution >= 4 is 17.2 Å². The van der Waals surface area contributed by atoms with E-state index in [-0.39, 0.29) is 5.91 Å². The third-order valence-corrected chi connectivity index (χ3v) is 2.21. The number of hydrogen-bond donors (Lipinski definition) is 1. The van der Waals surface area contributed by atoms with E-state index in [0.717, 1.165) is 6.42 Å². The number of carbonyl (C=O) groups is 1. The zero-order valence-electron chi connectivity index (χ0n) is 6.75. The van der Waals surface area contributed by atoms with Crippen molar-refractivity contribution in [1.82, 2.24) is 5.32 Å². The average molecular weight is 181 g/mol. The summed E-state index contributed by atoms with van der Waals surface area (Å²) in [5.74, 6) is -0.106. The zero-order chi connectivity index (χ0) is 8.81. The summed E-state index contributed by atoms with van der Waals surface area (Å²) in [4.78, 5) is 10.7. The van der Waals surface area contributed by atoms with Crippen molar-refractivity contribution in [2.75, 3.05) is 6.54 Å². The molecule has 0 saturated heterocycles. The Balaban J connectivity index is 2.19. The summed E-state index contributed by atoms with van der Waals surface area (Å²) in [6.45, 7) is 4.05. The molecule has 0 spiro atoms. The maximum absolute atomic E-state index is 10.7. The molecule has 1 aromatic rings. The first-order chi connectivity index (χ1) is 5.83. The minimum absolute atomic E-state index is 0.106. The van der Waals surface area contributed by atoms with Gasteiger partial charge in [0.1, 0.15) is 0 Å². The van der Waals surface area contributed by atoms with E-state index >= 15 is 0 Å². The van der Waals surface area contributed by atoms with Gasteiger partial charge in [-0.1, -0.05) is 6.58 Å². The van der Waals surface area contributed by atoms with Crippen LogP contribution in [-0.4, -0.2) is 12.5 Å². The van der Waals surface area contributed by atoms with Crippen LogP contribution in [0.3, 0.4) is 0 Å². The second-order valence-electron chi connectivity index (χ2n) is 2.38. The molecule has 0 aliphatic carbocycles. The van der Waals surface area contributed by atoms with Gasteiger partial charge in [0.25, 0.3) is 0 Å². The summed E-state index contributed by atoms with van der Waals surface area (Å²) in [5.41, 5.74) is 1.27. The Hall–Kier alpha value is -1.09. The van der Waals surface area contributed by atoms with Gasteiger partial charge in [-0.05, 0) is 34.9 Å². The van der Waals surface area contributed by atoms with Gasteiger partial charge in [0.05, 0.1) is 0 Å². The highest BCUT2D eigenvalue weighted by Gasteiger charge is 1.94. The maximum atomic E-state index is 10.7. The molecule has 0 saturated carbocycles. The molecule has 12 heavy (non-hydrogen) atoms. The van der Waals surface area contributed by atoms with Crippen molar-refractivity contribution in [3.8, 4) is 0 Å². The molecule has 1 heterocycles. The van der Waals surface area contributed by atoms with Gasteiger partial charge in [-0.15, -0.1) is 0 Å². The minimum Gasteiger partial charge on any atom is -0.352 e. The van der Waals surface area contributed by atoms with Gasteiger partial charge in [-0.2, -0.15) is 11.3 Å². The molecule has 0 atom stereocenters. The van der Waals surface area contributed by atoms with Crippen molar-refractivity contribution in [2.24, 2.45) is 0 Å². The smallest absolute Gasteiger partial charge is 0.243 e. The summed E-state index contributed by atoms with van der Waals surface area (Å²) in [6.07, 6.45) is 2.18. The Kier molecular flexibility index (Phi) is 3.54. The Morgan fingerprint density at radius 2 is 2.58 bits per heavy atom. The monoisotopic (exact) mass is 181 g/mol. The molecule has 64 valence electrons. The molecular weight excluding hydrogens is 170 g/mol. The van der Waals surface area contributed by atoms with Crippen LogP contribution in [0.25, 0.3) is 0 Å². The Labute approximate surface area is 75.9 Å². The Morgan fingerprint density at radius 3 is 3.17 bits per heavy atom. The van der Waals surface area contributed by atoms with E-state index in [2.05, 4.69) is 23.3 Å². The molecule has 2 nitrogen and oxygen atoms in total. The van der Waals surface area contributed by atoms with Gasteiger partial charge in [0.2, 0.25) is 5.91 Å². The number of thiophene rings is 1. The highest BCUT2D eigenvalue weighted by Crippen LogP contribution is 2.05. The molecule has 1 aromatic heterocycles. The topological polar surface area (TPSA) is 29.1 Å². The summed E-state index contributed by atoms with van der Waals surface area (Å²) < 4.78 is 0.